The first-order valence-electron chi connectivity index (χ1n) is 6.36. The summed E-state index contributed by atoms with van der Waals surface area (Å²) in [7, 11) is 0. The van der Waals surface area contributed by atoms with E-state index < -0.39 is 0 Å². The minimum atomic E-state index is -0.0953. The van der Waals surface area contributed by atoms with Gasteiger partial charge in [-0.3, -0.25) is 4.79 Å². The molecule has 1 heterocycles. The molecule has 2 rings (SSSR count). The molecule has 2 aromatic rings. The molecule has 0 fully saturated rings. The minimum Gasteiger partial charge on any atom is -0.352 e. The fourth-order valence-corrected chi connectivity index (χ4v) is 2.21. The number of halogens is 2. The van der Waals surface area contributed by atoms with Crippen LogP contribution in [0.2, 0.25) is 5.02 Å². The summed E-state index contributed by atoms with van der Waals surface area (Å²) < 4.78 is 2.81. The quantitative estimate of drug-likeness (QED) is 0.805. The van der Waals surface area contributed by atoms with Crippen LogP contribution >= 0.6 is 27.5 Å². The lowest BCUT2D eigenvalue weighted by atomic mass is 10.2. The molecule has 106 valence electrons. The molecule has 1 amide bonds. The van der Waals surface area contributed by atoms with Gasteiger partial charge in [0.15, 0.2) is 0 Å². The molecule has 0 unspecified atom stereocenters. The molecule has 0 spiro atoms. The molecule has 0 radical (unpaired) electrons. The highest BCUT2D eigenvalue weighted by Gasteiger charge is 2.06. The van der Waals surface area contributed by atoms with E-state index in [2.05, 4.69) is 26.2 Å². The number of aryl methyl sites for hydroxylation is 1. The zero-order valence-corrected chi connectivity index (χ0v) is 13.2. The van der Waals surface area contributed by atoms with E-state index in [1.54, 1.807) is 30.7 Å². The predicted molar refractivity (Wildman–Crippen MR) is 82.9 cm³/mol. The molecule has 0 saturated carbocycles. The van der Waals surface area contributed by atoms with Crippen molar-refractivity contribution in [3.8, 4) is 0 Å². The van der Waals surface area contributed by atoms with Gasteiger partial charge in [0.1, 0.15) is 0 Å². The summed E-state index contributed by atoms with van der Waals surface area (Å²) in [6.45, 7) is 1.57. The van der Waals surface area contributed by atoms with Crippen LogP contribution in [0.5, 0.6) is 0 Å². The van der Waals surface area contributed by atoms with Crippen molar-refractivity contribution < 1.29 is 4.79 Å². The molecule has 0 aliphatic heterocycles. The molecule has 0 atom stereocenters. The number of carbonyl (C=O) groups is 1. The number of aromatic nitrogens is 2. The number of nitrogens with zero attached hydrogens (tertiary/aromatic N) is 2. The second kappa shape index (κ2) is 7.45. The van der Waals surface area contributed by atoms with Crippen LogP contribution in [0.25, 0.3) is 0 Å². The molecule has 1 aromatic heterocycles. The Kier molecular flexibility index (Phi) is 5.61. The van der Waals surface area contributed by atoms with Gasteiger partial charge >= 0.3 is 0 Å². The average molecular weight is 357 g/mol. The first-order chi connectivity index (χ1) is 9.66. The summed E-state index contributed by atoms with van der Waals surface area (Å²) in [6.07, 6.45) is 7.41. The highest BCUT2D eigenvalue weighted by Crippen LogP contribution is 2.23. The molecule has 1 N–H and O–H groups in total. The number of imidazole rings is 1. The van der Waals surface area contributed by atoms with Gasteiger partial charge in [-0.1, -0.05) is 11.6 Å². The maximum Gasteiger partial charge on any atom is 0.251 e. The number of amides is 1. The highest BCUT2D eigenvalue weighted by atomic mass is 79.9. The molecular weight excluding hydrogens is 342 g/mol. The van der Waals surface area contributed by atoms with Gasteiger partial charge < -0.3 is 9.88 Å². The van der Waals surface area contributed by atoms with Crippen LogP contribution in [0.3, 0.4) is 0 Å². The van der Waals surface area contributed by atoms with E-state index in [1.165, 1.54) is 0 Å². The third-order valence-electron chi connectivity index (χ3n) is 2.87. The van der Waals surface area contributed by atoms with Crippen LogP contribution in [-0.4, -0.2) is 22.0 Å². The molecular formula is C14H15BrClN3O. The molecule has 6 heteroatoms. The Hall–Kier alpha value is -1.33. The summed E-state index contributed by atoms with van der Waals surface area (Å²) in [5.74, 6) is -0.0953. The van der Waals surface area contributed by atoms with Crippen LogP contribution in [-0.2, 0) is 6.54 Å². The molecule has 20 heavy (non-hydrogen) atoms. The zero-order valence-electron chi connectivity index (χ0n) is 10.9. The molecule has 4 nitrogen and oxygen atoms in total. The maximum atomic E-state index is 11.9. The van der Waals surface area contributed by atoms with Gasteiger partial charge in [0, 0.05) is 35.5 Å². The molecule has 0 aliphatic rings. The van der Waals surface area contributed by atoms with Crippen LogP contribution in [0, 0.1) is 0 Å². The highest BCUT2D eigenvalue weighted by molar-refractivity contribution is 9.10. The van der Waals surface area contributed by atoms with Gasteiger partial charge in [-0.2, -0.15) is 0 Å². The average Bonchev–Trinajstić information content (AvgIpc) is 2.94. The maximum absolute atomic E-state index is 11.9. The standard InChI is InChI=1S/C14H15BrClN3O/c15-12-4-3-11(9-13(12)16)14(20)18-5-1-2-7-19-8-6-17-10-19/h3-4,6,8-10H,1-2,5,7H2,(H,18,20). The van der Waals surface area contributed by atoms with E-state index >= 15 is 0 Å². The van der Waals surface area contributed by atoms with E-state index in [9.17, 15) is 4.79 Å². The van der Waals surface area contributed by atoms with Crippen molar-refractivity contribution in [2.45, 2.75) is 19.4 Å². The van der Waals surface area contributed by atoms with Crippen LogP contribution < -0.4 is 5.32 Å². The van der Waals surface area contributed by atoms with Crippen LogP contribution in [0.1, 0.15) is 23.2 Å². The summed E-state index contributed by atoms with van der Waals surface area (Å²) in [4.78, 5) is 15.9. The van der Waals surface area contributed by atoms with E-state index in [-0.39, 0.29) is 5.91 Å². The first-order valence-corrected chi connectivity index (χ1v) is 7.53. The normalized spacial score (nSPS) is 10.5. The van der Waals surface area contributed by atoms with Crippen molar-refractivity contribution in [1.29, 1.82) is 0 Å². The number of hydrogen-bond acceptors (Lipinski definition) is 2. The van der Waals surface area contributed by atoms with E-state index in [0.717, 1.165) is 23.9 Å². The lowest BCUT2D eigenvalue weighted by Gasteiger charge is -2.06. The summed E-state index contributed by atoms with van der Waals surface area (Å²) in [5, 5.41) is 3.43. The molecule has 0 saturated heterocycles. The van der Waals surface area contributed by atoms with E-state index in [1.807, 2.05) is 10.8 Å². The van der Waals surface area contributed by atoms with Gasteiger partial charge in [0.05, 0.1) is 11.3 Å². The van der Waals surface area contributed by atoms with Crippen molar-refractivity contribution in [1.82, 2.24) is 14.9 Å². The van der Waals surface area contributed by atoms with Crippen molar-refractivity contribution in [2.24, 2.45) is 0 Å². The Labute approximate surface area is 131 Å². The predicted octanol–water partition coefficient (Wildman–Crippen LogP) is 3.51. The second-order valence-corrected chi connectivity index (χ2v) is 5.65. The Bertz CT molecular complexity index is 572. The van der Waals surface area contributed by atoms with Gasteiger partial charge in [-0.25, -0.2) is 4.98 Å². The summed E-state index contributed by atoms with van der Waals surface area (Å²) in [5.41, 5.74) is 0.577. The summed E-state index contributed by atoms with van der Waals surface area (Å²) in [6, 6.07) is 5.18. The van der Waals surface area contributed by atoms with Crippen LogP contribution in [0.15, 0.2) is 41.4 Å². The fraction of sp³-hybridized carbons (Fsp3) is 0.286. The third kappa shape index (κ3) is 4.35. The lowest BCUT2D eigenvalue weighted by molar-refractivity contribution is 0.0953. The third-order valence-corrected chi connectivity index (χ3v) is 4.10. The van der Waals surface area contributed by atoms with E-state index in [0.29, 0.717) is 17.1 Å². The first kappa shape index (κ1) is 15.1. The number of hydrogen-bond donors (Lipinski definition) is 1. The van der Waals surface area contributed by atoms with Gasteiger partial charge in [-0.05, 0) is 47.0 Å². The van der Waals surface area contributed by atoms with Crippen molar-refractivity contribution >= 4 is 33.4 Å². The number of benzene rings is 1. The molecule has 0 bridgehead atoms. The summed E-state index contributed by atoms with van der Waals surface area (Å²) >= 11 is 9.26. The largest absolute Gasteiger partial charge is 0.352 e. The fourth-order valence-electron chi connectivity index (χ4n) is 1.78. The number of carbonyl (C=O) groups excluding carboxylic acids is 1. The van der Waals surface area contributed by atoms with Crippen molar-refractivity contribution in [3.05, 3.63) is 52.0 Å². The molecule has 0 aliphatic carbocycles. The number of nitrogens with one attached hydrogen (secondary N) is 1. The minimum absolute atomic E-state index is 0.0953. The number of unbranched alkanes of at least 4 members (excludes halogenated alkanes) is 1. The monoisotopic (exact) mass is 355 g/mol. The van der Waals surface area contributed by atoms with Crippen LogP contribution in [0.4, 0.5) is 0 Å². The Morgan fingerprint density at radius 2 is 2.25 bits per heavy atom. The van der Waals surface area contributed by atoms with E-state index in [4.69, 9.17) is 11.6 Å². The molecule has 1 aromatic carbocycles. The second-order valence-electron chi connectivity index (χ2n) is 4.39. The topological polar surface area (TPSA) is 46.9 Å². The van der Waals surface area contributed by atoms with Crippen molar-refractivity contribution in [2.75, 3.05) is 6.54 Å². The Morgan fingerprint density at radius 1 is 1.40 bits per heavy atom. The van der Waals surface area contributed by atoms with Gasteiger partial charge in [-0.15, -0.1) is 0 Å². The van der Waals surface area contributed by atoms with Gasteiger partial charge in [0.2, 0.25) is 0 Å². The SMILES string of the molecule is O=C(NCCCCn1ccnc1)c1ccc(Br)c(Cl)c1. The number of rotatable bonds is 6. The lowest BCUT2D eigenvalue weighted by Crippen LogP contribution is -2.24. The smallest absolute Gasteiger partial charge is 0.251 e. The van der Waals surface area contributed by atoms with Crippen molar-refractivity contribution in [3.63, 3.8) is 0 Å². The Balaban J connectivity index is 1.70. The van der Waals surface area contributed by atoms with Gasteiger partial charge in [0.25, 0.3) is 5.91 Å². The Morgan fingerprint density at radius 3 is 2.95 bits per heavy atom. The zero-order chi connectivity index (χ0) is 14.4.